The van der Waals surface area contributed by atoms with E-state index in [1.165, 1.54) is 43.5 Å². The van der Waals surface area contributed by atoms with Gasteiger partial charge in [-0.05, 0) is 76.3 Å². The Bertz CT molecular complexity index is 720. The zero-order valence-corrected chi connectivity index (χ0v) is 22.6. The van der Waals surface area contributed by atoms with Crippen molar-refractivity contribution in [1.82, 2.24) is 20.4 Å². The van der Waals surface area contributed by atoms with Gasteiger partial charge in [-0.1, -0.05) is 30.7 Å². The quantitative estimate of drug-likeness (QED) is 0.174. The molecule has 8 heteroatoms. The molecular weight excluding hydrogens is 527 g/mol. The van der Waals surface area contributed by atoms with E-state index in [1.54, 1.807) is 0 Å². The van der Waals surface area contributed by atoms with Crippen molar-refractivity contribution in [2.45, 2.75) is 58.5 Å². The monoisotopic (exact) mass is 570 g/mol. The Morgan fingerprint density at radius 1 is 1.03 bits per heavy atom. The molecule has 3 rings (SSSR count). The maximum Gasteiger partial charge on any atom is 0.221 e. The van der Waals surface area contributed by atoms with Gasteiger partial charge in [-0.15, -0.1) is 24.0 Å². The SMILES string of the molecule is CCNC(=NCc1ccc(CN2CCCCC2)cc1)NCCCN1CCCC(C(N)=O)C1.I. The predicted molar refractivity (Wildman–Crippen MR) is 147 cm³/mol. The summed E-state index contributed by atoms with van der Waals surface area (Å²) in [5, 5.41) is 6.78. The Balaban J connectivity index is 0.00000385. The van der Waals surface area contributed by atoms with Crippen LogP contribution in [0, 0.1) is 5.92 Å². The summed E-state index contributed by atoms with van der Waals surface area (Å²) in [4.78, 5) is 21.1. The molecule has 2 aliphatic rings. The van der Waals surface area contributed by atoms with Crippen molar-refractivity contribution >= 4 is 35.8 Å². The molecule has 7 nitrogen and oxygen atoms in total. The van der Waals surface area contributed by atoms with E-state index >= 15 is 0 Å². The van der Waals surface area contributed by atoms with Crippen molar-refractivity contribution < 1.29 is 4.79 Å². The van der Waals surface area contributed by atoms with E-state index < -0.39 is 0 Å². The van der Waals surface area contributed by atoms with Crippen LogP contribution in [0.1, 0.15) is 56.6 Å². The van der Waals surface area contributed by atoms with Crippen LogP contribution in [-0.4, -0.2) is 67.5 Å². The number of benzene rings is 1. The third kappa shape index (κ3) is 10.2. The number of aliphatic imine (C=N–C) groups is 1. The summed E-state index contributed by atoms with van der Waals surface area (Å²) in [7, 11) is 0. The zero-order chi connectivity index (χ0) is 22.6. The summed E-state index contributed by atoms with van der Waals surface area (Å²) in [5.74, 6) is 0.717. The Labute approximate surface area is 217 Å². The summed E-state index contributed by atoms with van der Waals surface area (Å²) >= 11 is 0. The average Bonchev–Trinajstić information content (AvgIpc) is 2.82. The number of rotatable bonds is 10. The molecule has 1 atom stereocenters. The van der Waals surface area contributed by atoms with Crippen molar-refractivity contribution in [3.63, 3.8) is 0 Å². The lowest BCUT2D eigenvalue weighted by Crippen LogP contribution is -2.43. The number of nitrogens with zero attached hydrogens (tertiary/aromatic N) is 3. The van der Waals surface area contributed by atoms with Gasteiger partial charge in [0.25, 0.3) is 0 Å². The third-order valence-corrected chi connectivity index (χ3v) is 6.49. The van der Waals surface area contributed by atoms with Crippen molar-refractivity contribution in [3.05, 3.63) is 35.4 Å². The Morgan fingerprint density at radius 3 is 2.42 bits per heavy atom. The molecule has 0 spiro atoms. The van der Waals surface area contributed by atoms with Gasteiger partial charge < -0.3 is 21.3 Å². The summed E-state index contributed by atoms with van der Waals surface area (Å²) in [6.07, 6.45) is 7.05. The summed E-state index contributed by atoms with van der Waals surface area (Å²) in [5.41, 5.74) is 8.11. The van der Waals surface area contributed by atoms with Crippen LogP contribution in [0.15, 0.2) is 29.3 Å². The van der Waals surface area contributed by atoms with Crippen molar-refractivity contribution in [1.29, 1.82) is 0 Å². The topological polar surface area (TPSA) is 86.0 Å². The van der Waals surface area contributed by atoms with Gasteiger partial charge in [0, 0.05) is 26.2 Å². The molecular formula is C25H43IN6O. The minimum absolute atomic E-state index is 0. The van der Waals surface area contributed by atoms with Gasteiger partial charge in [-0.25, -0.2) is 4.99 Å². The van der Waals surface area contributed by atoms with Gasteiger partial charge in [-0.2, -0.15) is 0 Å². The van der Waals surface area contributed by atoms with Crippen LogP contribution in [0.25, 0.3) is 0 Å². The first-order valence-electron chi connectivity index (χ1n) is 12.5. The molecule has 186 valence electrons. The molecule has 2 saturated heterocycles. The lowest BCUT2D eigenvalue weighted by molar-refractivity contribution is -0.123. The Morgan fingerprint density at radius 2 is 1.73 bits per heavy atom. The summed E-state index contributed by atoms with van der Waals surface area (Å²) in [6.45, 7) is 10.8. The highest BCUT2D eigenvalue weighted by Gasteiger charge is 2.23. The van der Waals surface area contributed by atoms with E-state index in [9.17, 15) is 4.79 Å². The number of primary amides is 1. The second-order valence-corrected chi connectivity index (χ2v) is 9.17. The molecule has 1 aromatic carbocycles. The van der Waals surface area contributed by atoms with Gasteiger partial charge in [-0.3, -0.25) is 9.69 Å². The van der Waals surface area contributed by atoms with Gasteiger partial charge in [0.1, 0.15) is 0 Å². The van der Waals surface area contributed by atoms with E-state index in [2.05, 4.69) is 51.6 Å². The van der Waals surface area contributed by atoms with Crippen LogP contribution >= 0.6 is 24.0 Å². The standard InChI is InChI=1S/C25H42N6O.HI/c1-2-27-25(28-13-7-17-31-16-6-8-23(20-31)24(26)32)29-18-21-9-11-22(12-10-21)19-30-14-4-3-5-15-30;/h9-12,23H,2-8,13-20H2,1H3,(H2,26,32)(H2,27,28,29);1H. The van der Waals surface area contributed by atoms with Crippen molar-refractivity contribution in [2.24, 2.45) is 16.6 Å². The number of carbonyl (C=O) groups excluding carboxylic acids is 1. The van der Waals surface area contributed by atoms with Crippen LogP contribution < -0.4 is 16.4 Å². The first-order chi connectivity index (χ1) is 15.6. The molecule has 1 aromatic rings. The lowest BCUT2D eigenvalue weighted by Gasteiger charge is -2.31. The smallest absolute Gasteiger partial charge is 0.221 e. The van der Waals surface area contributed by atoms with Gasteiger partial charge in [0.05, 0.1) is 12.5 Å². The zero-order valence-electron chi connectivity index (χ0n) is 20.2. The molecule has 2 aliphatic heterocycles. The molecule has 0 radical (unpaired) electrons. The molecule has 0 bridgehead atoms. The minimum atomic E-state index is -0.158. The molecule has 2 heterocycles. The van der Waals surface area contributed by atoms with Gasteiger partial charge >= 0.3 is 0 Å². The molecule has 0 aromatic heterocycles. The van der Waals surface area contributed by atoms with Crippen LogP contribution in [0.5, 0.6) is 0 Å². The largest absolute Gasteiger partial charge is 0.369 e. The Hall–Kier alpha value is -1.39. The van der Waals surface area contributed by atoms with Crippen LogP contribution in [-0.2, 0) is 17.9 Å². The third-order valence-electron chi connectivity index (χ3n) is 6.49. The van der Waals surface area contributed by atoms with Crippen molar-refractivity contribution in [3.8, 4) is 0 Å². The summed E-state index contributed by atoms with van der Waals surface area (Å²) in [6, 6.07) is 8.91. The number of guanidine groups is 1. The van der Waals surface area contributed by atoms with Gasteiger partial charge in [0.15, 0.2) is 5.96 Å². The first-order valence-corrected chi connectivity index (χ1v) is 12.5. The number of halogens is 1. The predicted octanol–water partition coefficient (Wildman–Crippen LogP) is 2.93. The van der Waals surface area contributed by atoms with E-state index in [0.717, 1.165) is 64.5 Å². The molecule has 1 unspecified atom stereocenters. The number of hydrogen-bond donors (Lipinski definition) is 3. The molecule has 4 N–H and O–H groups in total. The normalized spacial score (nSPS) is 20.2. The van der Waals surface area contributed by atoms with Crippen molar-refractivity contribution in [2.75, 3.05) is 45.8 Å². The summed E-state index contributed by atoms with van der Waals surface area (Å²) < 4.78 is 0. The minimum Gasteiger partial charge on any atom is -0.369 e. The second kappa shape index (κ2) is 15.5. The molecule has 0 saturated carbocycles. The second-order valence-electron chi connectivity index (χ2n) is 9.17. The highest BCUT2D eigenvalue weighted by atomic mass is 127. The molecule has 0 aliphatic carbocycles. The number of piperidine rings is 2. The number of nitrogens with one attached hydrogen (secondary N) is 2. The highest BCUT2D eigenvalue weighted by molar-refractivity contribution is 14.0. The molecule has 2 fully saturated rings. The fraction of sp³-hybridized carbons (Fsp3) is 0.680. The molecule has 1 amide bonds. The molecule has 33 heavy (non-hydrogen) atoms. The number of nitrogens with two attached hydrogens (primary N) is 1. The van der Waals surface area contributed by atoms with Crippen LogP contribution in [0.3, 0.4) is 0 Å². The first kappa shape index (κ1) is 27.9. The van der Waals surface area contributed by atoms with Crippen LogP contribution in [0.4, 0.5) is 0 Å². The fourth-order valence-electron chi connectivity index (χ4n) is 4.64. The number of likely N-dealkylation sites (tertiary alicyclic amines) is 2. The van der Waals surface area contributed by atoms with E-state index in [1.807, 2.05) is 0 Å². The Kier molecular flexibility index (Phi) is 13.1. The fourth-order valence-corrected chi connectivity index (χ4v) is 4.64. The lowest BCUT2D eigenvalue weighted by atomic mass is 9.97. The van der Waals surface area contributed by atoms with E-state index in [-0.39, 0.29) is 35.8 Å². The van der Waals surface area contributed by atoms with Gasteiger partial charge in [0.2, 0.25) is 5.91 Å². The number of carbonyl (C=O) groups is 1. The maximum atomic E-state index is 11.4. The van der Waals surface area contributed by atoms with E-state index in [0.29, 0.717) is 6.54 Å². The van der Waals surface area contributed by atoms with E-state index in [4.69, 9.17) is 10.7 Å². The average molecular weight is 571 g/mol. The highest BCUT2D eigenvalue weighted by Crippen LogP contribution is 2.16. The van der Waals surface area contributed by atoms with Crippen LogP contribution in [0.2, 0.25) is 0 Å². The number of amides is 1. The number of hydrogen-bond acceptors (Lipinski definition) is 4. The maximum absolute atomic E-state index is 11.4.